The van der Waals surface area contributed by atoms with Crippen LogP contribution >= 0.6 is 0 Å². The average molecular weight is 393 g/mol. The maximum absolute atomic E-state index is 13.3. The van der Waals surface area contributed by atoms with E-state index in [2.05, 4.69) is 4.90 Å². The molecule has 1 unspecified atom stereocenters. The molecule has 1 heterocycles. The normalized spacial score (nSPS) is 13.6. The third-order valence-electron chi connectivity index (χ3n) is 4.95. The molecular formula is C24H24FNO3. The first-order chi connectivity index (χ1) is 14.2. The van der Waals surface area contributed by atoms with E-state index in [0.29, 0.717) is 26.1 Å². The van der Waals surface area contributed by atoms with Crippen LogP contribution < -0.4 is 9.47 Å². The van der Waals surface area contributed by atoms with Gasteiger partial charge in [-0.2, -0.15) is 0 Å². The van der Waals surface area contributed by atoms with E-state index in [-0.39, 0.29) is 12.6 Å². The van der Waals surface area contributed by atoms with Crippen molar-refractivity contribution in [1.29, 1.82) is 0 Å². The minimum Gasteiger partial charge on any atom is -0.454 e. The van der Waals surface area contributed by atoms with E-state index in [1.807, 2.05) is 48.5 Å². The molecule has 29 heavy (non-hydrogen) atoms. The topological polar surface area (TPSA) is 41.9 Å². The second kappa shape index (κ2) is 9.07. The highest BCUT2D eigenvalue weighted by Gasteiger charge is 2.17. The molecule has 3 aromatic carbocycles. The Morgan fingerprint density at radius 3 is 2.31 bits per heavy atom. The highest BCUT2D eigenvalue weighted by molar-refractivity contribution is 5.44. The van der Waals surface area contributed by atoms with Crippen molar-refractivity contribution in [1.82, 2.24) is 4.90 Å². The number of nitrogens with zero attached hydrogens (tertiary/aromatic N) is 1. The molecule has 1 N–H and O–H groups in total. The molecule has 0 saturated carbocycles. The van der Waals surface area contributed by atoms with Gasteiger partial charge in [0.15, 0.2) is 11.5 Å². The average Bonchev–Trinajstić information content (AvgIpc) is 3.18. The molecule has 1 atom stereocenters. The van der Waals surface area contributed by atoms with Crippen LogP contribution in [0.3, 0.4) is 0 Å². The Hall–Kier alpha value is -2.89. The summed E-state index contributed by atoms with van der Waals surface area (Å²) < 4.78 is 24.1. The lowest BCUT2D eigenvalue weighted by Crippen LogP contribution is -2.33. The molecule has 0 amide bonds. The molecule has 0 aliphatic carbocycles. The van der Waals surface area contributed by atoms with E-state index in [9.17, 15) is 9.50 Å². The molecule has 0 radical (unpaired) electrons. The molecule has 0 fully saturated rings. The van der Waals surface area contributed by atoms with Crippen molar-refractivity contribution in [2.75, 3.05) is 13.3 Å². The third kappa shape index (κ3) is 5.34. The monoisotopic (exact) mass is 393 g/mol. The van der Waals surface area contributed by atoms with Gasteiger partial charge in [0.2, 0.25) is 6.79 Å². The maximum atomic E-state index is 13.3. The highest BCUT2D eigenvalue weighted by Crippen LogP contribution is 2.33. The Morgan fingerprint density at radius 1 is 0.828 bits per heavy atom. The molecule has 1 aliphatic rings. The van der Waals surface area contributed by atoms with Crippen molar-refractivity contribution in [3.8, 4) is 11.5 Å². The molecular weight excluding hydrogens is 369 g/mol. The van der Waals surface area contributed by atoms with Crippen LogP contribution in [-0.2, 0) is 19.5 Å². The van der Waals surface area contributed by atoms with Crippen LogP contribution in [0.5, 0.6) is 11.5 Å². The van der Waals surface area contributed by atoms with Gasteiger partial charge in [-0.05, 0) is 47.4 Å². The van der Waals surface area contributed by atoms with Gasteiger partial charge in [0, 0.05) is 19.6 Å². The third-order valence-corrected chi connectivity index (χ3v) is 4.95. The minimum atomic E-state index is -0.508. The van der Waals surface area contributed by atoms with E-state index < -0.39 is 6.10 Å². The number of fused-ring (bicyclic) bond motifs is 1. The van der Waals surface area contributed by atoms with Crippen LogP contribution in [0.25, 0.3) is 0 Å². The van der Waals surface area contributed by atoms with Gasteiger partial charge in [0.05, 0.1) is 6.10 Å². The number of hydrogen-bond acceptors (Lipinski definition) is 4. The van der Waals surface area contributed by atoms with Gasteiger partial charge >= 0.3 is 0 Å². The zero-order chi connectivity index (χ0) is 20.1. The fraction of sp³-hybridized carbons (Fsp3) is 0.250. The minimum absolute atomic E-state index is 0.244. The molecule has 0 spiro atoms. The molecule has 4 rings (SSSR count). The molecule has 0 bridgehead atoms. The lowest BCUT2D eigenvalue weighted by Gasteiger charge is -2.25. The van der Waals surface area contributed by atoms with E-state index in [1.54, 1.807) is 12.1 Å². The zero-order valence-corrected chi connectivity index (χ0v) is 16.1. The maximum Gasteiger partial charge on any atom is 0.231 e. The standard InChI is InChI=1S/C24H24FNO3/c25-21-9-6-19(7-10-21)14-26(16-22(27)12-18-4-2-1-3-5-18)15-20-8-11-23-24(13-20)29-17-28-23/h1-11,13,22,27H,12,14-17H2. The van der Waals surface area contributed by atoms with Gasteiger partial charge in [-0.1, -0.05) is 48.5 Å². The fourth-order valence-electron chi connectivity index (χ4n) is 3.58. The largest absolute Gasteiger partial charge is 0.454 e. The van der Waals surface area contributed by atoms with Crippen molar-refractivity contribution in [2.24, 2.45) is 0 Å². The smallest absolute Gasteiger partial charge is 0.231 e. The van der Waals surface area contributed by atoms with Crippen LogP contribution in [-0.4, -0.2) is 29.4 Å². The van der Waals surface area contributed by atoms with Gasteiger partial charge in [-0.3, -0.25) is 4.90 Å². The Balaban J connectivity index is 1.47. The van der Waals surface area contributed by atoms with E-state index in [1.165, 1.54) is 12.1 Å². The van der Waals surface area contributed by atoms with E-state index in [4.69, 9.17) is 9.47 Å². The van der Waals surface area contributed by atoms with Crippen LogP contribution in [0.4, 0.5) is 4.39 Å². The highest BCUT2D eigenvalue weighted by atomic mass is 19.1. The Morgan fingerprint density at radius 2 is 1.52 bits per heavy atom. The first kappa shape index (κ1) is 19.4. The number of hydrogen-bond donors (Lipinski definition) is 1. The molecule has 0 saturated heterocycles. The van der Waals surface area contributed by atoms with Gasteiger partial charge in [-0.15, -0.1) is 0 Å². The number of ether oxygens (including phenoxy) is 2. The first-order valence-corrected chi connectivity index (χ1v) is 9.73. The summed E-state index contributed by atoms with van der Waals surface area (Å²) in [6.07, 6.45) is 0.0777. The lowest BCUT2D eigenvalue weighted by molar-refractivity contribution is 0.104. The van der Waals surface area contributed by atoms with E-state index in [0.717, 1.165) is 28.2 Å². The fourth-order valence-corrected chi connectivity index (χ4v) is 3.58. The van der Waals surface area contributed by atoms with Crippen LogP contribution in [0.15, 0.2) is 72.8 Å². The van der Waals surface area contributed by atoms with Crippen LogP contribution in [0.1, 0.15) is 16.7 Å². The summed E-state index contributed by atoms with van der Waals surface area (Å²) in [6, 6.07) is 22.4. The lowest BCUT2D eigenvalue weighted by atomic mass is 10.1. The Kier molecular flexibility index (Phi) is 6.08. The van der Waals surface area contributed by atoms with E-state index >= 15 is 0 Å². The first-order valence-electron chi connectivity index (χ1n) is 9.73. The van der Waals surface area contributed by atoms with Gasteiger partial charge in [0.25, 0.3) is 0 Å². The van der Waals surface area contributed by atoms with Crippen LogP contribution in [0, 0.1) is 5.82 Å². The van der Waals surface area contributed by atoms with Crippen molar-refractivity contribution >= 4 is 0 Å². The molecule has 5 heteroatoms. The quantitative estimate of drug-likeness (QED) is 0.624. The zero-order valence-electron chi connectivity index (χ0n) is 16.1. The molecule has 1 aliphatic heterocycles. The Labute approximate surface area is 170 Å². The number of aliphatic hydroxyl groups is 1. The summed E-state index contributed by atoms with van der Waals surface area (Å²) in [6.45, 7) is 2.00. The summed E-state index contributed by atoms with van der Waals surface area (Å²) in [7, 11) is 0. The second-order valence-corrected chi connectivity index (χ2v) is 7.33. The summed E-state index contributed by atoms with van der Waals surface area (Å²) in [5.41, 5.74) is 3.17. The van der Waals surface area contributed by atoms with Crippen molar-refractivity contribution in [3.05, 3.63) is 95.3 Å². The summed E-state index contributed by atoms with van der Waals surface area (Å²) >= 11 is 0. The number of aliphatic hydroxyl groups excluding tert-OH is 1. The van der Waals surface area contributed by atoms with Gasteiger partial charge < -0.3 is 14.6 Å². The van der Waals surface area contributed by atoms with Crippen LogP contribution in [0.2, 0.25) is 0 Å². The predicted molar refractivity (Wildman–Crippen MR) is 109 cm³/mol. The molecule has 150 valence electrons. The summed E-state index contributed by atoms with van der Waals surface area (Å²) in [5, 5.41) is 10.7. The van der Waals surface area contributed by atoms with Crippen molar-refractivity contribution in [2.45, 2.75) is 25.6 Å². The summed E-state index contributed by atoms with van der Waals surface area (Å²) in [4.78, 5) is 2.17. The number of benzene rings is 3. The SMILES string of the molecule is OC(Cc1ccccc1)CN(Cc1ccc(F)cc1)Cc1ccc2c(c1)OCO2. The number of halogens is 1. The molecule has 0 aromatic heterocycles. The summed E-state index contributed by atoms with van der Waals surface area (Å²) in [5.74, 6) is 1.25. The predicted octanol–water partition coefficient (Wildman–Crippen LogP) is 4.16. The molecule has 3 aromatic rings. The second-order valence-electron chi connectivity index (χ2n) is 7.33. The van der Waals surface area contributed by atoms with Crippen molar-refractivity contribution in [3.63, 3.8) is 0 Å². The number of rotatable bonds is 8. The van der Waals surface area contributed by atoms with Gasteiger partial charge in [-0.25, -0.2) is 4.39 Å². The van der Waals surface area contributed by atoms with Gasteiger partial charge in [0.1, 0.15) is 5.82 Å². The van der Waals surface area contributed by atoms with Crippen molar-refractivity contribution < 1.29 is 19.0 Å². The molecule has 4 nitrogen and oxygen atoms in total. The Bertz CT molecular complexity index is 931.